The summed E-state index contributed by atoms with van der Waals surface area (Å²) in [6, 6.07) is 8.16. The van der Waals surface area contributed by atoms with Crippen molar-refractivity contribution in [2.24, 2.45) is 5.92 Å². The van der Waals surface area contributed by atoms with Crippen molar-refractivity contribution in [3.63, 3.8) is 0 Å². The van der Waals surface area contributed by atoms with E-state index in [9.17, 15) is 4.79 Å². The Morgan fingerprint density at radius 2 is 2.04 bits per heavy atom. The highest BCUT2D eigenvalue weighted by Gasteiger charge is 2.25. The normalized spacial score (nSPS) is 17.3. The summed E-state index contributed by atoms with van der Waals surface area (Å²) in [7, 11) is 0. The van der Waals surface area contributed by atoms with Crippen molar-refractivity contribution < 1.29 is 9.53 Å². The fourth-order valence-electron chi connectivity index (χ4n) is 3.13. The summed E-state index contributed by atoms with van der Waals surface area (Å²) in [6.07, 6.45) is 0. The first-order chi connectivity index (χ1) is 11.6. The Hall–Kier alpha value is -1.14. The van der Waals surface area contributed by atoms with E-state index in [4.69, 9.17) is 16.3 Å². The Balaban J connectivity index is 1.69. The lowest BCUT2D eigenvalue weighted by Gasteiger charge is -2.36. The Bertz CT molecular complexity index is 710. The van der Waals surface area contributed by atoms with Crippen LogP contribution in [0.4, 0.5) is 0 Å². The first kappa shape index (κ1) is 17.7. The molecule has 1 aromatic carbocycles. The van der Waals surface area contributed by atoms with Gasteiger partial charge < -0.3 is 10.1 Å². The standard InChI is InChI=1S/C18H23ClN2O2S/c1-12(2)14(21-7-9-23-10-8-21)11-20-18(22)17-16(19)13-5-3-4-6-15(13)24-17/h3-6,12,14H,7-11H2,1-2H3,(H,20,22). The Labute approximate surface area is 151 Å². The van der Waals surface area contributed by atoms with Crippen LogP contribution in [0.2, 0.25) is 5.02 Å². The van der Waals surface area contributed by atoms with Gasteiger partial charge in [0, 0.05) is 35.8 Å². The molecule has 3 rings (SSSR count). The summed E-state index contributed by atoms with van der Waals surface area (Å²) in [5.74, 6) is 0.376. The predicted molar refractivity (Wildman–Crippen MR) is 100 cm³/mol. The number of benzene rings is 1. The number of halogens is 1. The molecule has 1 N–H and O–H groups in total. The largest absolute Gasteiger partial charge is 0.379 e. The van der Waals surface area contributed by atoms with Crippen LogP contribution in [0.15, 0.2) is 24.3 Å². The molecule has 2 aromatic rings. The minimum Gasteiger partial charge on any atom is -0.379 e. The van der Waals surface area contributed by atoms with Gasteiger partial charge in [-0.1, -0.05) is 43.6 Å². The maximum atomic E-state index is 12.6. The van der Waals surface area contributed by atoms with Crippen molar-refractivity contribution >= 4 is 38.9 Å². The second kappa shape index (κ2) is 7.83. The summed E-state index contributed by atoms with van der Waals surface area (Å²) in [5, 5.41) is 4.59. The maximum absolute atomic E-state index is 12.6. The van der Waals surface area contributed by atoms with Gasteiger partial charge in [0.25, 0.3) is 5.91 Å². The second-order valence-electron chi connectivity index (χ2n) is 6.41. The molecular formula is C18H23ClN2O2S. The molecule has 1 saturated heterocycles. The number of carbonyl (C=O) groups excluding carboxylic acids is 1. The van der Waals surface area contributed by atoms with Crippen LogP contribution in [-0.4, -0.2) is 49.7 Å². The van der Waals surface area contributed by atoms with Gasteiger partial charge in [0.2, 0.25) is 0 Å². The summed E-state index contributed by atoms with van der Waals surface area (Å²) >= 11 is 7.85. The SMILES string of the molecule is CC(C)C(CNC(=O)c1sc2ccccc2c1Cl)N1CCOCC1. The fourth-order valence-corrected chi connectivity index (χ4v) is 4.57. The molecular weight excluding hydrogens is 344 g/mol. The third kappa shape index (κ3) is 3.75. The highest BCUT2D eigenvalue weighted by atomic mass is 35.5. The van der Waals surface area contributed by atoms with Crippen LogP contribution in [-0.2, 0) is 4.74 Å². The summed E-state index contributed by atoms with van der Waals surface area (Å²) < 4.78 is 6.47. The number of carbonyl (C=O) groups is 1. The number of amides is 1. The average Bonchev–Trinajstić information content (AvgIpc) is 2.93. The van der Waals surface area contributed by atoms with Gasteiger partial charge in [-0.05, 0) is 12.0 Å². The summed E-state index contributed by atoms with van der Waals surface area (Å²) in [4.78, 5) is 15.6. The van der Waals surface area contributed by atoms with Crippen molar-refractivity contribution in [3.05, 3.63) is 34.2 Å². The smallest absolute Gasteiger partial charge is 0.262 e. The molecule has 2 heterocycles. The van der Waals surface area contributed by atoms with Crippen LogP contribution in [0.5, 0.6) is 0 Å². The van der Waals surface area contributed by atoms with Gasteiger partial charge >= 0.3 is 0 Å². The summed E-state index contributed by atoms with van der Waals surface area (Å²) in [6.45, 7) is 8.38. The minimum atomic E-state index is -0.0832. The van der Waals surface area contributed by atoms with E-state index in [1.54, 1.807) is 0 Å². The van der Waals surface area contributed by atoms with E-state index >= 15 is 0 Å². The molecule has 24 heavy (non-hydrogen) atoms. The van der Waals surface area contributed by atoms with E-state index in [2.05, 4.69) is 24.1 Å². The molecule has 0 radical (unpaired) electrons. The van der Waals surface area contributed by atoms with Gasteiger partial charge in [0.05, 0.1) is 18.2 Å². The van der Waals surface area contributed by atoms with Crippen molar-refractivity contribution in [2.75, 3.05) is 32.8 Å². The quantitative estimate of drug-likeness (QED) is 0.878. The number of fused-ring (bicyclic) bond motifs is 1. The van der Waals surface area contributed by atoms with E-state index in [0.717, 1.165) is 36.4 Å². The van der Waals surface area contributed by atoms with Gasteiger partial charge in [0.15, 0.2) is 0 Å². The number of rotatable bonds is 5. The topological polar surface area (TPSA) is 41.6 Å². The molecule has 1 atom stereocenters. The van der Waals surface area contributed by atoms with E-state index < -0.39 is 0 Å². The molecule has 1 aromatic heterocycles. The number of ether oxygens (including phenoxy) is 1. The molecule has 1 aliphatic rings. The number of thiophene rings is 1. The molecule has 1 amide bonds. The van der Waals surface area contributed by atoms with Gasteiger partial charge in [0.1, 0.15) is 4.88 Å². The Morgan fingerprint density at radius 3 is 2.71 bits per heavy atom. The fraction of sp³-hybridized carbons (Fsp3) is 0.500. The molecule has 1 unspecified atom stereocenters. The maximum Gasteiger partial charge on any atom is 0.262 e. The van der Waals surface area contributed by atoms with Crippen LogP contribution in [0.25, 0.3) is 10.1 Å². The minimum absolute atomic E-state index is 0.0832. The Morgan fingerprint density at radius 1 is 1.33 bits per heavy atom. The van der Waals surface area contributed by atoms with Crippen LogP contribution in [0.3, 0.4) is 0 Å². The zero-order chi connectivity index (χ0) is 17.1. The molecule has 0 bridgehead atoms. The molecule has 0 spiro atoms. The van der Waals surface area contributed by atoms with Crippen molar-refractivity contribution in [2.45, 2.75) is 19.9 Å². The highest BCUT2D eigenvalue weighted by molar-refractivity contribution is 7.21. The molecule has 1 fully saturated rings. The van der Waals surface area contributed by atoms with Crippen molar-refractivity contribution in [1.82, 2.24) is 10.2 Å². The third-order valence-corrected chi connectivity index (χ3v) is 6.17. The van der Waals surface area contributed by atoms with Crippen molar-refractivity contribution in [3.8, 4) is 0 Å². The van der Waals surface area contributed by atoms with Gasteiger partial charge in [-0.15, -0.1) is 11.3 Å². The third-order valence-electron chi connectivity index (χ3n) is 4.50. The van der Waals surface area contributed by atoms with Crippen LogP contribution in [0.1, 0.15) is 23.5 Å². The lowest BCUT2D eigenvalue weighted by molar-refractivity contribution is 0.00674. The molecule has 0 saturated carbocycles. The predicted octanol–water partition coefficient (Wildman–Crippen LogP) is 3.64. The number of nitrogens with one attached hydrogen (secondary N) is 1. The molecule has 6 heteroatoms. The van der Waals surface area contributed by atoms with Crippen LogP contribution >= 0.6 is 22.9 Å². The zero-order valence-corrected chi connectivity index (χ0v) is 15.6. The van der Waals surface area contributed by atoms with Crippen LogP contribution < -0.4 is 5.32 Å². The number of nitrogens with zero attached hydrogens (tertiary/aromatic N) is 1. The van der Waals surface area contributed by atoms with E-state index in [1.165, 1.54) is 11.3 Å². The van der Waals surface area contributed by atoms with Gasteiger partial charge in [-0.3, -0.25) is 9.69 Å². The summed E-state index contributed by atoms with van der Waals surface area (Å²) in [5.41, 5.74) is 0. The highest BCUT2D eigenvalue weighted by Crippen LogP contribution is 2.35. The van der Waals surface area contributed by atoms with E-state index in [1.807, 2.05) is 24.3 Å². The number of hydrogen-bond donors (Lipinski definition) is 1. The molecule has 0 aliphatic carbocycles. The lowest BCUT2D eigenvalue weighted by Crippen LogP contribution is -2.51. The van der Waals surface area contributed by atoms with E-state index in [0.29, 0.717) is 28.4 Å². The zero-order valence-electron chi connectivity index (χ0n) is 14.0. The number of hydrogen-bond acceptors (Lipinski definition) is 4. The lowest BCUT2D eigenvalue weighted by atomic mass is 10.0. The first-order valence-electron chi connectivity index (χ1n) is 8.35. The average molecular weight is 367 g/mol. The number of morpholine rings is 1. The van der Waals surface area contributed by atoms with E-state index in [-0.39, 0.29) is 5.91 Å². The van der Waals surface area contributed by atoms with Gasteiger partial charge in [-0.2, -0.15) is 0 Å². The molecule has 1 aliphatic heterocycles. The van der Waals surface area contributed by atoms with Crippen molar-refractivity contribution in [1.29, 1.82) is 0 Å². The van der Waals surface area contributed by atoms with Crippen LogP contribution in [0, 0.1) is 5.92 Å². The van der Waals surface area contributed by atoms with Gasteiger partial charge in [-0.25, -0.2) is 0 Å². The second-order valence-corrected chi connectivity index (χ2v) is 7.84. The first-order valence-corrected chi connectivity index (χ1v) is 9.54. The Kier molecular flexibility index (Phi) is 5.76. The molecule has 130 valence electrons. The molecule has 4 nitrogen and oxygen atoms in total. The monoisotopic (exact) mass is 366 g/mol.